The Morgan fingerprint density at radius 3 is 2.41 bits per heavy atom. The van der Waals surface area contributed by atoms with Crippen molar-refractivity contribution in [3.05, 3.63) is 63.5 Å². The fraction of sp³-hybridized carbons (Fsp3) is 0.278. The maximum absolute atomic E-state index is 13.6. The van der Waals surface area contributed by atoms with Crippen LogP contribution in [0.25, 0.3) is 0 Å². The highest BCUT2D eigenvalue weighted by molar-refractivity contribution is 7.89. The maximum atomic E-state index is 13.6. The van der Waals surface area contributed by atoms with Gasteiger partial charge in [-0.2, -0.15) is 4.31 Å². The number of hydrogen-bond donors (Lipinski definition) is 2. The van der Waals surface area contributed by atoms with E-state index in [-0.39, 0.29) is 17.0 Å². The first-order valence-corrected chi connectivity index (χ1v) is 10.2. The van der Waals surface area contributed by atoms with E-state index in [1.165, 1.54) is 16.4 Å². The molecule has 0 atom stereocenters. The number of amides is 1. The van der Waals surface area contributed by atoms with Gasteiger partial charge in [0.15, 0.2) is 0 Å². The van der Waals surface area contributed by atoms with Crippen LogP contribution in [0.5, 0.6) is 0 Å². The van der Waals surface area contributed by atoms with Gasteiger partial charge in [-0.3, -0.25) is 14.9 Å². The summed E-state index contributed by atoms with van der Waals surface area (Å²) >= 11 is 0. The summed E-state index contributed by atoms with van der Waals surface area (Å²) in [7, 11) is -3.53. The number of rotatable bonds is 6. The highest BCUT2D eigenvalue weighted by Gasteiger charge is 2.27. The number of nitrogens with two attached hydrogens (primary N) is 1. The zero-order valence-electron chi connectivity index (χ0n) is 15.3. The van der Waals surface area contributed by atoms with E-state index < -0.39 is 38.0 Å². The summed E-state index contributed by atoms with van der Waals surface area (Å²) in [5.41, 5.74) is 4.75. The average Bonchev–Trinajstić information content (AvgIpc) is 3.23. The number of carbonyl (C=O) groups is 1. The molecule has 0 radical (unpaired) electrons. The zero-order valence-corrected chi connectivity index (χ0v) is 16.1. The van der Waals surface area contributed by atoms with Crippen LogP contribution in [0.15, 0.2) is 41.3 Å². The third kappa shape index (κ3) is 4.35. The fourth-order valence-corrected chi connectivity index (χ4v) is 4.59. The average molecular weight is 422 g/mol. The van der Waals surface area contributed by atoms with Crippen molar-refractivity contribution >= 4 is 27.3 Å². The van der Waals surface area contributed by atoms with E-state index in [1.807, 2.05) is 0 Å². The maximum Gasteiger partial charge on any atom is 0.295 e. The van der Waals surface area contributed by atoms with Crippen molar-refractivity contribution in [2.75, 3.05) is 18.8 Å². The second-order valence-electron chi connectivity index (χ2n) is 6.58. The van der Waals surface area contributed by atoms with E-state index in [0.29, 0.717) is 24.7 Å². The van der Waals surface area contributed by atoms with Crippen LogP contribution >= 0.6 is 0 Å². The summed E-state index contributed by atoms with van der Waals surface area (Å²) in [5.74, 6) is -1.73. The molecule has 0 saturated carbocycles. The number of halogens is 1. The van der Waals surface area contributed by atoms with Gasteiger partial charge >= 0.3 is 0 Å². The molecule has 2 aromatic carbocycles. The quantitative estimate of drug-likeness (QED) is 0.415. The molecule has 0 bridgehead atoms. The molecule has 1 fully saturated rings. The first-order valence-electron chi connectivity index (χ1n) is 8.81. The van der Waals surface area contributed by atoms with Crippen LogP contribution in [0.4, 0.5) is 15.8 Å². The van der Waals surface area contributed by atoms with E-state index in [9.17, 15) is 27.7 Å². The van der Waals surface area contributed by atoms with E-state index in [1.54, 1.807) is 12.1 Å². The Kier molecular flexibility index (Phi) is 5.80. The van der Waals surface area contributed by atoms with Crippen LogP contribution < -0.4 is 11.1 Å². The van der Waals surface area contributed by atoms with E-state index in [4.69, 9.17) is 5.73 Å². The lowest BCUT2D eigenvalue weighted by Gasteiger charge is -2.15. The van der Waals surface area contributed by atoms with Gasteiger partial charge in [-0.15, -0.1) is 0 Å². The number of nitro benzene ring substituents is 1. The van der Waals surface area contributed by atoms with Crippen molar-refractivity contribution in [1.82, 2.24) is 9.62 Å². The molecule has 1 amide bonds. The Labute approximate surface area is 166 Å². The summed E-state index contributed by atoms with van der Waals surface area (Å²) in [6.45, 7) is 1.01. The highest BCUT2D eigenvalue weighted by Crippen LogP contribution is 2.27. The van der Waals surface area contributed by atoms with Crippen LogP contribution in [0.1, 0.15) is 28.8 Å². The summed E-state index contributed by atoms with van der Waals surface area (Å²) in [6.07, 6.45) is 1.68. The zero-order chi connectivity index (χ0) is 21.2. The lowest BCUT2D eigenvalue weighted by molar-refractivity contribution is -0.384. The van der Waals surface area contributed by atoms with Crippen molar-refractivity contribution < 1.29 is 22.5 Å². The first kappa shape index (κ1) is 20.7. The molecule has 0 spiro atoms. The molecule has 9 nitrogen and oxygen atoms in total. The minimum Gasteiger partial charge on any atom is -0.393 e. The van der Waals surface area contributed by atoms with Gasteiger partial charge in [0.25, 0.3) is 11.6 Å². The van der Waals surface area contributed by atoms with Crippen molar-refractivity contribution in [3.8, 4) is 0 Å². The summed E-state index contributed by atoms with van der Waals surface area (Å²) in [5, 5.41) is 13.4. The van der Waals surface area contributed by atoms with Crippen molar-refractivity contribution in [1.29, 1.82) is 0 Å². The molecule has 1 aliphatic heterocycles. The molecule has 1 aliphatic rings. The number of anilines is 1. The van der Waals surface area contributed by atoms with Gasteiger partial charge in [-0.25, -0.2) is 12.8 Å². The number of nitrogens with zero attached hydrogens (tertiary/aromatic N) is 2. The largest absolute Gasteiger partial charge is 0.393 e. The van der Waals surface area contributed by atoms with Gasteiger partial charge in [0, 0.05) is 19.6 Å². The second kappa shape index (κ2) is 8.13. The highest BCUT2D eigenvalue weighted by atomic mass is 32.2. The lowest BCUT2D eigenvalue weighted by Crippen LogP contribution is -2.28. The Balaban J connectivity index is 1.71. The molecule has 3 N–H and O–H groups in total. The lowest BCUT2D eigenvalue weighted by atomic mass is 10.1. The smallest absolute Gasteiger partial charge is 0.295 e. The van der Waals surface area contributed by atoms with Gasteiger partial charge < -0.3 is 11.1 Å². The standard InChI is InChI=1S/C18H19FN4O5S/c19-13-9-15(17(20)16(10-13)23(25)26)18(24)21-11-12-3-5-14(6-4-12)29(27,28)22-7-1-2-8-22/h3-6,9-10H,1-2,7-8,11,20H2,(H,21,24). The number of nitrogens with one attached hydrogen (secondary N) is 1. The molecule has 1 saturated heterocycles. The van der Waals surface area contributed by atoms with E-state index in [2.05, 4.69) is 5.32 Å². The normalized spacial score (nSPS) is 14.7. The number of nitrogen functional groups attached to an aromatic ring is 1. The molecule has 154 valence electrons. The molecule has 0 aliphatic carbocycles. The number of sulfonamides is 1. The first-order chi connectivity index (χ1) is 13.7. The summed E-state index contributed by atoms with van der Waals surface area (Å²) in [4.78, 5) is 22.5. The molecule has 29 heavy (non-hydrogen) atoms. The third-order valence-corrected chi connectivity index (χ3v) is 6.56. The SMILES string of the molecule is Nc1c(C(=O)NCc2ccc(S(=O)(=O)N3CCCC3)cc2)cc(F)cc1[N+](=O)[O-]. The van der Waals surface area contributed by atoms with Gasteiger partial charge in [-0.1, -0.05) is 12.1 Å². The van der Waals surface area contributed by atoms with Crippen LogP contribution in [0.2, 0.25) is 0 Å². The third-order valence-electron chi connectivity index (χ3n) is 4.64. The topological polar surface area (TPSA) is 136 Å². The predicted molar refractivity (Wildman–Crippen MR) is 103 cm³/mol. The Bertz CT molecular complexity index is 1050. The van der Waals surface area contributed by atoms with Crippen molar-refractivity contribution in [2.45, 2.75) is 24.3 Å². The molecule has 1 heterocycles. The number of hydrogen-bond acceptors (Lipinski definition) is 6. The molecular formula is C18H19FN4O5S. The van der Waals surface area contributed by atoms with Crippen LogP contribution in [0.3, 0.4) is 0 Å². The van der Waals surface area contributed by atoms with Crippen molar-refractivity contribution in [2.24, 2.45) is 0 Å². The van der Waals surface area contributed by atoms with Crippen LogP contribution in [-0.4, -0.2) is 36.6 Å². The van der Waals surface area contributed by atoms with E-state index >= 15 is 0 Å². The van der Waals surface area contributed by atoms with Crippen molar-refractivity contribution in [3.63, 3.8) is 0 Å². The van der Waals surface area contributed by atoms with Crippen LogP contribution in [0, 0.1) is 15.9 Å². The summed E-state index contributed by atoms with van der Waals surface area (Å²) < 4.78 is 40.0. The molecule has 0 unspecified atom stereocenters. The monoisotopic (exact) mass is 422 g/mol. The van der Waals surface area contributed by atoms with E-state index in [0.717, 1.165) is 18.9 Å². The molecular weight excluding hydrogens is 403 g/mol. The second-order valence-corrected chi connectivity index (χ2v) is 8.52. The number of nitro groups is 1. The van der Waals surface area contributed by atoms with Crippen LogP contribution in [-0.2, 0) is 16.6 Å². The Morgan fingerprint density at radius 2 is 1.83 bits per heavy atom. The number of carbonyl (C=O) groups excluding carboxylic acids is 1. The predicted octanol–water partition coefficient (Wildman–Crippen LogP) is 2.03. The Hall–Kier alpha value is -3.05. The fourth-order valence-electron chi connectivity index (χ4n) is 3.08. The van der Waals surface area contributed by atoms with Gasteiger partial charge in [0.1, 0.15) is 11.5 Å². The van der Waals surface area contributed by atoms with Gasteiger partial charge in [0.2, 0.25) is 10.0 Å². The van der Waals surface area contributed by atoms with Gasteiger partial charge in [-0.05, 0) is 36.6 Å². The molecule has 2 aromatic rings. The summed E-state index contributed by atoms with van der Waals surface area (Å²) in [6, 6.07) is 7.49. The molecule has 3 rings (SSSR count). The molecule has 11 heteroatoms. The Morgan fingerprint density at radius 1 is 1.21 bits per heavy atom. The minimum atomic E-state index is -3.53. The minimum absolute atomic E-state index is 0.00657. The number of benzene rings is 2. The molecule has 0 aromatic heterocycles. The van der Waals surface area contributed by atoms with Gasteiger partial charge in [0.05, 0.1) is 21.4 Å².